The van der Waals surface area contributed by atoms with Crippen LogP contribution in [0.4, 0.5) is 18.9 Å². The molecule has 0 saturated carbocycles. The molecule has 5 nitrogen and oxygen atoms in total. The number of hydrogen-bond acceptors (Lipinski definition) is 4. The van der Waals surface area contributed by atoms with Crippen molar-refractivity contribution in [3.63, 3.8) is 0 Å². The lowest BCUT2D eigenvalue weighted by molar-refractivity contribution is -0.141. The zero-order valence-electron chi connectivity index (χ0n) is 15.2. The van der Waals surface area contributed by atoms with E-state index in [0.717, 1.165) is 22.9 Å². The number of thioether (sulfide) groups is 1. The summed E-state index contributed by atoms with van der Waals surface area (Å²) in [5.74, 6) is -0.432. The summed E-state index contributed by atoms with van der Waals surface area (Å²) in [4.78, 5) is 29.7. The van der Waals surface area contributed by atoms with E-state index < -0.39 is 28.6 Å². The molecule has 9 heteroatoms. The number of carbonyl (C=O) groups is 1. The summed E-state index contributed by atoms with van der Waals surface area (Å²) in [6.45, 7) is 1.52. The van der Waals surface area contributed by atoms with Crippen molar-refractivity contribution in [1.82, 2.24) is 9.97 Å². The monoisotopic (exact) mass is 419 g/mol. The Morgan fingerprint density at radius 3 is 2.45 bits per heavy atom. The van der Waals surface area contributed by atoms with Gasteiger partial charge >= 0.3 is 6.18 Å². The Bertz CT molecular complexity index is 1070. The third-order valence-electron chi connectivity index (χ3n) is 3.94. The number of nitrogens with zero attached hydrogens (tertiary/aromatic N) is 1. The van der Waals surface area contributed by atoms with Crippen LogP contribution in [0.5, 0.6) is 0 Å². The highest BCUT2D eigenvalue weighted by atomic mass is 32.2. The fourth-order valence-electron chi connectivity index (χ4n) is 2.55. The molecule has 0 fully saturated rings. The van der Waals surface area contributed by atoms with Crippen LogP contribution in [0.2, 0.25) is 0 Å². The van der Waals surface area contributed by atoms with Crippen molar-refractivity contribution < 1.29 is 18.0 Å². The van der Waals surface area contributed by atoms with E-state index in [2.05, 4.69) is 15.3 Å². The predicted octanol–water partition coefficient (Wildman–Crippen LogP) is 4.58. The molecule has 29 heavy (non-hydrogen) atoms. The number of H-pyrrole nitrogens is 1. The first-order chi connectivity index (χ1) is 13.7. The number of rotatable bonds is 5. The second-order valence-corrected chi connectivity index (χ2v) is 7.42. The molecule has 1 atom stereocenters. The highest BCUT2D eigenvalue weighted by Crippen LogP contribution is 2.30. The number of para-hydroxylation sites is 1. The summed E-state index contributed by atoms with van der Waals surface area (Å²) in [6.07, 6.45) is -4.75. The van der Waals surface area contributed by atoms with E-state index in [1.54, 1.807) is 12.1 Å². The topological polar surface area (TPSA) is 74.8 Å². The average molecular weight is 419 g/mol. The molecule has 1 amide bonds. The van der Waals surface area contributed by atoms with Crippen LogP contribution >= 0.6 is 11.8 Å². The van der Waals surface area contributed by atoms with Crippen LogP contribution < -0.4 is 10.9 Å². The van der Waals surface area contributed by atoms with Crippen molar-refractivity contribution in [1.29, 1.82) is 0 Å². The number of aromatic nitrogens is 2. The van der Waals surface area contributed by atoms with Crippen molar-refractivity contribution in [3.8, 4) is 11.1 Å². The minimum Gasteiger partial charge on any atom is -0.325 e. The van der Waals surface area contributed by atoms with Crippen molar-refractivity contribution in [2.45, 2.75) is 23.5 Å². The molecular formula is C20H16F3N3O2S. The van der Waals surface area contributed by atoms with Crippen LogP contribution in [0.15, 0.2) is 70.6 Å². The molecule has 0 saturated heterocycles. The molecule has 1 unspecified atom stereocenters. The average Bonchev–Trinajstić information content (AvgIpc) is 2.68. The van der Waals surface area contributed by atoms with Gasteiger partial charge in [0, 0.05) is 17.3 Å². The van der Waals surface area contributed by atoms with Crippen molar-refractivity contribution in [2.24, 2.45) is 0 Å². The molecule has 3 rings (SSSR count). The van der Waals surface area contributed by atoms with Crippen LogP contribution in [0.3, 0.4) is 0 Å². The number of halogens is 3. The summed E-state index contributed by atoms with van der Waals surface area (Å²) in [5, 5.41) is 1.71. The van der Waals surface area contributed by atoms with Gasteiger partial charge in [0.1, 0.15) is 0 Å². The van der Waals surface area contributed by atoms with E-state index >= 15 is 0 Å². The maximum atomic E-state index is 12.8. The van der Waals surface area contributed by atoms with Crippen LogP contribution in [-0.4, -0.2) is 21.1 Å². The molecule has 0 spiro atoms. The molecule has 0 aliphatic carbocycles. The molecule has 1 aromatic heterocycles. The number of nitrogens with one attached hydrogen (secondary N) is 2. The number of anilines is 1. The lowest BCUT2D eigenvalue weighted by Gasteiger charge is -2.15. The highest BCUT2D eigenvalue weighted by Gasteiger charge is 2.33. The Balaban J connectivity index is 1.78. The highest BCUT2D eigenvalue weighted by molar-refractivity contribution is 8.00. The molecule has 3 aromatic rings. The first-order valence-electron chi connectivity index (χ1n) is 8.54. The number of alkyl halides is 3. The summed E-state index contributed by atoms with van der Waals surface area (Å²) < 4.78 is 38.5. The van der Waals surface area contributed by atoms with Gasteiger partial charge in [-0.15, -0.1) is 0 Å². The van der Waals surface area contributed by atoms with Gasteiger partial charge in [0.25, 0.3) is 5.56 Å². The van der Waals surface area contributed by atoms with E-state index in [-0.39, 0.29) is 5.16 Å². The molecular weight excluding hydrogens is 403 g/mol. The SMILES string of the molecule is CC(Sc1nc(C(F)(F)F)cc(=O)[nH]1)C(=O)Nc1ccccc1-c1ccccc1. The molecule has 1 heterocycles. The Morgan fingerprint density at radius 2 is 1.76 bits per heavy atom. The molecule has 0 bridgehead atoms. The molecule has 150 valence electrons. The minimum absolute atomic E-state index is 0.274. The van der Waals surface area contributed by atoms with Gasteiger partial charge in [0.2, 0.25) is 5.91 Å². The lowest BCUT2D eigenvalue weighted by atomic mass is 10.0. The van der Waals surface area contributed by atoms with Gasteiger partial charge in [-0.2, -0.15) is 13.2 Å². The number of amides is 1. The number of hydrogen-bond donors (Lipinski definition) is 2. The maximum absolute atomic E-state index is 12.8. The smallest absolute Gasteiger partial charge is 0.325 e. The molecule has 0 aliphatic rings. The fourth-order valence-corrected chi connectivity index (χ4v) is 3.36. The predicted molar refractivity (Wildman–Crippen MR) is 106 cm³/mol. The Kier molecular flexibility index (Phi) is 6.07. The van der Waals surface area contributed by atoms with Crippen LogP contribution in [0, 0.1) is 0 Å². The van der Waals surface area contributed by atoms with E-state index in [9.17, 15) is 22.8 Å². The normalized spacial score (nSPS) is 12.4. The van der Waals surface area contributed by atoms with E-state index in [1.165, 1.54) is 6.92 Å². The van der Waals surface area contributed by atoms with Crippen LogP contribution in [-0.2, 0) is 11.0 Å². The standard InChI is InChI=1S/C20H16F3N3O2S/c1-12(29-19-25-16(20(21,22)23)11-17(27)26-19)18(28)24-15-10-6-5-9-14(15)13-7-3-2-4-8-13/h2-12H,1H3,(H,24,28)(H,25,26,27). The number of aromatic amines is 1. The molecule has 2 N–H and O–H groups in total. The lowest BCUT2D eigenvalue weighted by Crippen LogP contribution is -2.24. The first-order valence-corrected chi connectivity index (χ1v) is 9.42. The first kappa shape index (κ1) is 20.7. The summed E-state index contributed by atoms with van der Waals surface area (Å²) in [7, 11) is 0. The second-order valence-electron chi connectivity index (χ2n) is 6.09. The largest absolute Gasteiger partial charge is 0.433 e. The third-order valence-corrected chi connectivity index (χ3v) is 4.92. The second kappa shape index (κ2) is 8.52. The van der Waals surface area contributed by atoms with Gasteiger partial charge in [-0.1, -0.05) is 60.3 Å². The van der Waals surface area contributed by atoms with Gasteiger partial charge in [-0.25, -0.2) is 4.98 Å². The zero-order valence-corrected chi connectivity index (χ0v) is 16.0. The minimum atomic E-state index is -4.75. The molecule has 0 radical (unpaired) electrons. The Labute approximate surface area is 168 Å². The van der Waals surface area contributed by atoms with Gasteiger partial charge in [-0.05, 0) is 18.6 Å². The quantitative estimate of drug-likeness (QED) is 0.469. The van der Waals surface area contributed by atoms with Crippen molar-refractivity contribution in [2.75, 3.05) is 5.32 Å². The third kappa shape index (κ3) is 5.26. The van der Waals surface area contributed by atoms with Crippen LogP contribution in [0.1, 0.15) is 12.6 Å². The zero-order chi connectivity index (χ0) is 21.0. The fraction of sp³-hybridized carbons (Fsp3) is 0.150. The van der Waals surface area contributed by atoms with E-state index in [1.807, 2.05) is 42.5 Å². The summed E-state index contributed by atoms with van der Waals surface area (Å²) in [5.41, 5.74) is 0.0566. The Hall–Kier alpha value is -3.07. The van der Waals surface area contributed by atoms with Gasteiger partial charge in [-0.3, -0.25) is 9.59 Å². The van der Waals surface area contributed by atoms with Crippen LogP contribution in [0.25, 0.3) is 11.1 Å². The molecule has 0 aliphatic heterocycles. The van der Waals surface area contributed by atoms with Gasteiger partial charge in [0.05, 0.1) is 5.25 Å². The number of carbonyl (C=O) groups excluding carboxylic acids is 1. The van der Waals surface area contributed by atoms with E-state index in [4.69, 9.17) is 0 Å². The van der Waals surface area contributed by atoms with Gasteiger partial charge in [0.15, 0.2) is 10.9 Å². The van der Waals surface area contributed by atoms with Crippen molar-refractivity contribution in [3.05, 3.63) is 76.7 Å². The van der Waals surface area contributed by atoms with Gasteiger partial charge < -0.3 is 10.3 Å². The van der Waals surface area contributed by atoms with Crippen molar-refractivity contribution >= 4 is 23.4 Å². The number of benzene rings is 2. The summed E-state index contributed by atoms with van der Waals surface area (Å²) in [6, 6.07) is 17.0. The Morgan fingerprint density at radius 1 is 1.10 bits per heavy atom. The molecule has 2 aromatic carbocycles. The summed E-state index contributed by atoms with van der Waals surface area (Å²) >= 11 is 0.738. The maximum Gasteiger partial charge on any atom is 0.433 e. The van der Waals surface area contributed by atoms with E-state index in [0.29, 0.717) is 11.8 Å².